The quantitative estimate of drug-likeness (QED) is 0.938. The Morgan fingerprint density at radius 2 is 2.38 bits per heavy atom. The molecule has 1 aromatic heterocycles. The highest BCUT2D eigenvalue weighted by Crippen LogP contribution is 2.27. The second kappa shape index (κ2) is 5.32. The number of hydrogen-bond acceptors (Lipinski definition) is 4. The average Bonchev–Trinajstić information content (AvgIpc) is 2.80. The van der Waals surface area contributed by atoms with Crippen LogP contribution < -0.4 is 10.1 Å². The van der Waals surface area contributed by atoms with Crippen molar-refractivity contribution in [3.05, 3.63) is 39.3 Å². The number of aromatic nitrogens is 1. The van der Waals surface area contributed by atoms with Gasteiger partial charge < -0.3 is 10.1 Å². The summed E-state index contributed by atoms with van der Waals surface area (Å²) in [7, 11) is 1.66. The van der Waals surface area contributed by atoms with E-state index in [-0.39, 0.29) is 0 Å². The summed E-state index contributed by atoms with van der Waals surface area (Å²) in [5, 5.41) is 3.33. The molecule has 0 aliphatic heterocycles. The minimum atomic E-state index is 0.787. The van der Waals surface area contributed by atoms with Gasteiger partial charge in [0.2, 0.25) is 0 Å². The van der Waals surface area contributed by atoms with Gasteiger partial charge in [0.05, 0.1) is 19.2 Å². The summed E-state index contributed by atoms with van der Waals surface area (Å²) in [5.41, 5.74) is 2.88. The van der Waals surface area contributed by atoms with E-state index in [1.807, 2.05) is 29.9 Å². The standard InChI is InChI=1S/C11H11BrN2OS/c1-15-8-2-3-11(10(12)4-8)14-6-9-5-13-7-16-9/h2-5,7,14H,6H2,1H3. The zero-order valence-electron chi connectivity index (χ0n) is 8.74. The highest BCUT2D eigenvalue weighted by atomic mass is 79.9. The summed E-state index contributed by atoms with van der Waals surface area (Å²) in [6.45, 7) is 0.787. The van der Waals surface area contributed by atoms with Gasteiger partial charge in [0, 0.05) is 21.2 Å². The average molecular weight is 299 g/mol. The number of methoxy groups -OCH3 is 1. The molecule has 0 amide bonds. The van der Waals surface area contributed by atoms with Crippen LogP contribution in [0, 0.1) is 0 Å². The number of nitrogens with zero attached hydrogens (tertiary/aromatic N) is 1. The number of benzene rings is 1. The van der Waals surface area contributed by atoms with Crippen LogP contribution in [0.3, 0.4) is 0 Å². The maximum Gasteiger partial charge on any atom is 0.120 e. The first-order valence-corrected chi connectivity index (χ1v) is 6.41. The predicted molar refractivity (Wildman–Crippen MR) is 70.1 cm³/mol. The number of halogens is 1. The van der Waals surface area contributed by atoms with Crippen LogP contribution in [0.4, 0.5) is 5.69 Å². The minimum Gasteiger partial charge on any atom is -0.497 e. The van der Waals surface area contributed by atoms with E-state index in [1.54, 1.807) is 18.4 Å². The first-order chi connectivity index (χ1) is 7.79. The summed E-state index contributed by atoms with van der Waals surface area (Å²) in [6.07, 6.45) is 1.87. The molecule has 5 heteroatoms. The van der Waals surface area contributed by atoms with E-state index in [9.17, 15) is 0 Å². The van der Waals surface area contributed by atoms with Gasteiger partial charge in [-0.15, -0.1) is 11.3 Å². The van der Waals surface area contributed by atoms with E-state index in [4.69, 9.17) is 4.74 Å². The maximum atomic E-state index is 5.13. The third-order valence-corrected chi connectivity index (χ3v) is 3.55. The van der Waals surface area contributed by atoms with E-state index in [0.717, 1.165) is 22.5 Å². The van der Waals surface area contributed by atoms with E-state index in [0.29, 0.717) is 0 Å². The van der Waals surface area contributed by atoms with Crippen LogP contribution >= 0.6 is 27.3 Å². The molecule has 0 saturated carbocycles. The van der Waals surface area contributed by atoms with Crippen molar-refractivity contribution in [1.82, 2.24) is 4.98 Å². The van der Waals surface area contributed by atoms with Crippen molar-refractivity contribution in [2.24, 2.45) is 0 Å². The Kier molecular flexibility index (Phi) is 3.79. The Bertz CT molecular complexity index is 459. The lowest BCUT2D eigenvalue weighted by Crippen LogP contribution is -1.98. The van der Waals surface area contributed by atoms with Gasteiger partial charge in [0.25, 0.3) is 0 Å². The van der Waals surface area contributed by atoms with Crippen molar-refractivity contribution in [2.75, 3.05) is 12.4 Å². The Morgan fingerprint density at radius 3 is 3.00 bits per heavy atom. The first kappa shape index (κ1) is 11.4. The van der Waals surface area contributed by atoms with Crippen molar-refractivity contribution < 1.29 is 4.74 Å². The number of thiazole rings is 1. The molecule has 84 valence electrons. The fraction of sp³-hybridized carbons (Fsp3) is 0.182. The van der Waals surface area contributed by atoms with E-state index in [1.165, 1.54) is 4.88 Å². The molecular weight excluding hydrogens is 288 g/mol. The number of rotatable bonds is 4. The molecule has 0 bridgehead atoms. The Morgan fingerprint density at radius 1 is 1.50 bits per heavy atom. The zero-order valence-corrected chi connectivity index (χ0v) is 11.1. The Hall–Kier alpha value is -1.07. The van der Waals surface area contributed by atoms with Gasteiger partial charge in [-0.25, -0.2) is 0 Å². The minimum absolute atomic E-state index is 0.787. The van der Waals surface area contributed by atoms with Gasteiger partial charge in [-0.2, -0.15) is 0 Å². The normalized spacial score (nSPS) is 10.1. The molecule has 0 fully saturated rings. The Balaban J connectivity index is 2.04. The molecule has 0 aliphatic rings. The summed E-state index contributed by atoms with van der Waals surface area (Å²) in [4.78, 5) is 5.24. The van der Waals surface area contributed by atoms with E-state index < -0.39 is 0 Å². The third kappa shape index (κ3) is 2.74. The lowest BCUT2D eigenvalue weighted by atomic mass is 10.3. The molecule has 16 heavy (non-hydrogen) atoms. The van der Waals surface area contributed by atoms with Crippen LogP contribution in [-0.2, 0) is 6.54 Å². The fourth-order valence-corrected chi connectivity index (χ4v) is 2.31. The number of hydrogen-bond donors (Lipinski definition) is 1. The molecular formula is C11H11BrN2OS. The number of anilines is 1. The molecule has 0 unspecified atom stereocenters. The summed E-state index contributed by atoms with van der Waals surface area (Å²) in [6, 6.07) is 5.86. The van der Waals surface area contributed by atoms with Gasteiger partial charge in [-0.1, -0.05) is 0 Å². The van der Waals surface area contributed by atoms with Crippen LogP contribution in [0.1, 0.15) is 4.88 Å². The lowest BCUT2D eigenvalue weighted by molar-refractivity contribution is 0.414. The van der Waals surface area contributed by atoms with Gasteiger partial charge in [-0.05, 0) is 34.1 Å². The number of ether oxygens (including phenoxy) is 1. The lowest BCUT2D eigenvalue weighted by Gasteiger charge is -2.08. The first-order valence-electron chi connectivity index (χ1n) is 4.74. The molecule has 1 aromatic carbocycles. The van der Waals surface area contributed by atoms with Crippen LogP contribution in [0.2, 0.25) is 0 Å². The monoisotopic (exact) mass is 298 g/mol. The summed E-state index contributed by atoms with van der Waals surface area (Å²) >= 11 is 5.14. The highest BCUT2D eigenvalue weighted by molar-refractivity contribution is 9.10. The smallest absolute Gasteiger partial charge is 0.120 e. The third-order valence-electron chi connectivity index (χ3n) is 2.11. The molecule has 0 aliphatic carbocycles. The van der Waals surface area contributed by atoms with Crippen LogP contribution in [-0.4, -0.2) is 12.1 Å². The SMILES string of the molecule is COc1ccc(NCc2cncs2)c(Br)c1. The molecule has 0 radical (unpaired) electrons. The molecule has 0 spiro atoms. The maximum absolute atomic E-state index is 5.13. The zero-order chi connectivity index (χ0) is 11.4. The number of nitrogens with one attached hydrogen (secondary N) is 1. The molecule has 2 rings (SSSR count). The summed E-state index contributed by atoms with van der Waals surface area (Å²) in [5.74, 6) is 0.843. The second-order valence-electron chi connectivity index (χ2n) is 3.17. The van der Waals surface area contributed by atoms with Crippen molar-refractivity contribution >= 4 is 33.0 Å². The second-order valence-corrected chi connectivity index (χ2v) is 4.99. The van der Waals surface area contributed by atoms with Crippen LogP contribution in [0.25, 0.3) is 0 Å². The fourth-order valence-electron chi connectivity index (χ4n) is 1.28. The van der Waals surface area contributed by atoms with Gasteiger partial charge in [-0.3, -0.25) is 4.98 Å². The molecule has 3 nitrogen and oxygen atoms in total. The van der Waals surface area contributed by atoms with Gasteiger partial charge >= 0.3 is 0 Å². The molecule has 0 atom stereocenters. The van der Waals surface area contributed by atoms with Crippen LogP contribution in [0.5, 0.6) is 5.75 Å². The predicted octanol–water partition coefficient (Wildman–Crippen LogP) is 3.53. The van der Waals surface area contributed by atoms with Gasteiger partial charge in [0.1, 0.15) is 5.75 Å². The summed E-state index contributed by atoms with van der Waals surface area (Å²) < 4.78 is 6.13. The molecule has 0 saturated heterocycles. The van der Waals surface area contributed by atoms with Crippen molar-refractivity contribution in [2.45, 2.75) is 6.54 Å². The Labute approximate surface area is 107 Å². The highest BCUT2D eigenvalue weighted by Gasteiger charge is 2.02. The molecule has 1 N–H and O–H groups in total. The largest absolute Gasteiger partial charge is 0.497 e. The van der Waals surface area contributed by atoms with E-state index in [2.05, 4.69) is 26.2 Å². The van der Waals surface area contributed by atoms with Crippen molar-refractivity contribution in [1.29, 1.82) is 0 Å². The van der Waals surface area contributed by atoms with Crippen molar-refractivity contribution in [3.8, 4) is 5.75 Å². The molecule has 2 aromatic rings. The topological polar surface area (TPSA) is 34.1 Å². The van der Waals surface area contributed by atoms with Crippen molar-refractivity contribution in [3.63, 3.8) is 0 Å². The van der Waals surface area contributed by atoms with E-state index >= 15 is 0 Å². The van der Waals surface area contributed by atoms with Crippen LogP contribution in [0.15, 0.2) is 34.4 Å². The van der Waals surface area contributed by atoms with Gasteiger partial charge in [0.15, 0.2) is 0 Å². The molecule has 1 heterocycles.